The van der Waals surface area contributed by atoms with E-state index < -0.39 is 29.8 Å². The Hall–Kier alpha value is -3.36. The van der Waals surface area contributed by atoms with Gasteiger partial charge in [-0.3, -0.25) is 0 Å². The van der Waals surface area contributed by atoms with Crippen molar-refractivity contribution in [2.24, 2.45) is 0 Å². The quantitative estimate of drug-likeness (QED) is 0.422. The molecule has 27 heavy (non-hydrogen) atoms. The van der Waals surface area contributed by atoms with Crippen LogP contribution in [-0.4, -0.2) is 52.3 Å². The Morgan fingerprint density at radius 3 is 2.22 bits per heavy atom. The van der Waals surface area contributed by atoms with Crippen LogP contribution >= 0.6 is 0 Å². The standard InChI is InChI=1S/C18H18O9/c1-23-13(19)8-11(16(20)24-2)10-7-12(17(21)25-3)14(18(22)26-4)9-5-6-27-15(9)10/h5-6,8,10H,7H2,1-4H3/b11-8+. The van der Waals surface area contributed by atoms with E-state index in [2.05, 4.69) is 4.74 Å². The van der Waals surface area contributed by atoms with E-state index in [9.17, 15) is 19.2 Å². The molecule has 0 spiro atoms. The molecule has 1 heterocycles. The second kappa shape index (κ2) is 8.35. The van der Waals surface area contributed by atoms with Crippen LogP contribution in [0.25, 0.3) is 5.57 Å². The number of carbonyl (C=O) groups is 4. The van der Waals surface area contributed by atoms with Gasteiger partial charge in [-0.15, -0.1) is 0 Å². The number of hydrogen-bond acceptors (Lipinski definition) is 9. The lowest BCUT2D eigenvalue weighted by atomic mass is 9.79. The van der Waals surface area contributed by atoms with Gasteiger partial charge in [-0.25, -0.2) is 19.2 Å². The number of furan rings is 1. The Kier molecular flexibility index (Phi) is 6.17. The molecule has 0 N–H and O–H groups in total. The molecule has 1 aromatic heterocycles. The number of carbonyl (C=O) groups excluding carboxylic acids is 4. The first-order valence-electron chi connectivity index (χ1n) is 7.74. The van der Waals surface area contributed by atoms with Crippen molar-refractivity contribution in [1.82, 2.24) is 0 Å². The summed E-state index contributed by atoms with van der Waals surface area (Å²) in [4.78, 5) is 48.5. The molecule has 0 fully saturated rings. The molecule has 1 atom stereocenters. The van der Waals surface area contributed by atoms with Gasteiger partial charge < -0.3 is 23.4 Å². The van der Waals surface area contributed by atoms with Crippen molar-refractivity contribution in [1.29, 1.82) is 0 Å². The summed E-state index contributed by atoms with van der Waals surface area (Å²) in [5.74, 6) is -3.78. The number of fused-ring (bicyclic) bond motifs is 1. The van der Waals surface area contributed by atoms with Crippen LogP contribution in [0.5, 0.6) is 0 Å². The third-order valence-corrected chi connectivity index (χ3v) is 4.08. The van der Waals surface area contributed by atoms with Gasteiger partial charge in [0.15, 0.2) is 0 Å². The first-order valence-corrected chi connectivity index (χ1v) is 7.74. The highest BCUT2D eigenvalue weighted by atomic mass is 16.5. The van der Waals surface area contributed by atoms with Crippen LogP contribution in [0.2, 0.25) is 0 Å². The van der Waals surface area contributed by atoms with Gasteiger partial charge in [-0.05, 0) is 12.5 Å². The molecule has 1 aliphatic rings. The van der Waals surface area contributed by atoms with Crippen molar-refractivity contribution in [3.63, 3.8) is 0 Å². The summed E-state index contributed by atoms with van der Waals surface area (Å²) >= 11 is 0. The second-order valence-electron chi connectivity index (χ2n) is 5.41. The van der Waals surface area contributed by atoms with Crippen LogP contribution in [0.15, 0.2) is 34.0 Å². The fourth-order valence-corrected chi connectivity index (χ4v) is 2.86. The van der Waals surface area contributed by atoms with Gasteiger partial charge in [0.25, 0.3) is 0 Å². The topological polar surface area (TPSA) is 118 Å². The minimum absolute atomic E-state index is 0.0112. The van der Waals surface area contributed by atoms with Gasteiger partial charge in [0, 0.05) is 11.6 Å². The molecule has 0 bridgehead atoms. The molecular weight excluding hydrogens is 360 g/mol. The highest BCUT2D eigenvalue weighted by Crippen LogP contribution is 2.44. The summed E-state index contributed by atoms with van der Waals surface area (Å²) in [6.07, 6.45) is 2.12. The number of rotatable bonds is 5. The van der Waals surface area contributed by atoms with Crippen LogP contribution in [0.1, 0.15) is 23.7 Å². The number of esters is 4. The second-order valence-corrected chi connectivity index (χ2v) is 5.41. The molecule has 0 amide bonds. The predicted octanol–water partition coefficient (Wildman–Crippen LogP) is 1.14. The summed E-state index contributed by atoms with van der Waals surface area (Å²) < 4.78 is 24.3. The van der Waals surface area contributed by atoms with E-state index in [4.69, 9.17) is 18.6 Å². The lowest BCUT2D eigenvalue weighted by molar-refractivity contribution is -0.139. The molecule has 2 rings (SSSR count). The summed E-state index contributed by atoms with van der Waals surface area (Å²) in [5.41, 5.74) is 0.138. The molecule has 144 valence electrons. The number of methoxy groups -OCH3 is 4. The Morgan fingerprint density at radius 1 is 1.00 bits per heavy atom. The third kappa shape index (κ3) is 3.76. The average molecular weight is 378 g/mol. The minimum Gasteiger partial charge on any atom is -0.468 e. The monoisotopic (exact) mass is 378 g/mol. The number of hydrogen-bond donors (Lipinski definition) is 0. The van der Waals surface area contributed by atoms with Crippen LogP contribution in [-0.2, 0) is 38.1 Å². The van der Waals surface area contributed by atoms with E-state index in [0.29, 0.717) is 0 Å². The van der Waals surface area contributed by atoms with Crippen LogP contribution in [0.3, 0.4) is 0 Å². The lowest BCUT2D eigenvalue weighted by Gasteiger charge is -2.25. The molecule has 9 heteroatoms. The van der Waals surface area contributed by atoms with Crippen molar-refractivity contribution >= 4 is 29.5 Å². The Balaban J connectivity index is 2.69. The highest BCUT2D eigenvalue weighted by molar-refractivity contribution is 6.23. The predicted molar refractivity (Wildman–Crippen MR) is 89.1 cm³/mol. The summed E-state index contributed by atoms with van der Waals surface area (Å²) in [6, 6.07) is 1.46. The molecule has 9 nitrogen and oxygen atoms in total. The Morgan fingerprint density at radius 2 is 1.67 bits per heavy atom. The van der Waals surface area contributed by atoms with Crippen molar-refractivity contribution in [3.05, 3.63) is 40.9 Å². The summed E-state index contributed by atoms with van der Waals surface area (Å²) in [6.45, 7) is 0. The van der Waals surface area contributed by atoms with E-state index in [1.54, 1.807) is 0 Å². The average Bonchev–Trinajstić information content (AvgIpc) is 3.18. The Bertz CT molecular complexity index is 841. The van der Waals surface area contributed by atoms with E-state index in [-0.39, 0.29) is 34.5 Å². The highest BCUT2D eigenvalue weighted by Gasteiger charge is 2.40. The molecule has 0 aromatic carbocycles. The zero-order chi connectivity index (χ0) is 20.1. The zero-order valence-corrected chi connectivity index (χ0v) is 15.2. The van der Waals surface area contributed by atoms with Gasteiger partial charge in [-0.1, -0.05) is 0 Å². The largest absolute Gasteiger partial charge is 0.468 e. The van der Waals surface area contributed by atoms with Gasteiger partial charge >= 0.3 is 23.9 Å². The Labute approximate surface area is 154 Å². The van der Waals surface area contributed by atoms with E-state index >= 15 is 0 Å². The van der Waals surface area contributed by atoms with E-state index in [0.717, 1.165) is 27.4 Å². The molecule has 1 unspecified atom stereocenters. The maximum atomic E-state index is 12.3. The molecule has 1 aliphatic carbocycles. The van der Waals surface area contributed by atoms with Gasteiger partial charge in [0.1, 0.15) is 5.76 Å². The maximum Gasteiger partial charge on any atom is 0.339 e. The zero-order valence-electron chi connectivity index (χ0n) is 15.2. The molecule has 0 saturated heterocycles. The molecule has 0 aliphatic heterocycles. The van der Waals surface area contributed by atoms with Crippen molar-refractivity contribution in [2.75, 3.05) is 28.4 Å². The van der Waals surface area contributed by atoms with Gasteiger partial charge in [0.05, 0.1) is 57.3 Å². The fourth-order valence-electron chi connectivity index (χ4n) is 2.86. The molecule has 0 saturated carbocycles. The van der Waals surface area contributed by atoms with Crippen LogP contribution in [0.4, 0.5) is 0 Å². The third-order valence-electron chi connectivity index (χ3n) is 4.08. The SMILES string of the molecule is COC(=O)/C=C(/C(=O)OC)C1CC(C(=O)OC)=C(C(=O)OC)c2ccoc21. The van der Waals surface area contributed by atoms with Crippen LogP contribution in [0, 0.1) is 0 Å². The lowest BCUT2D eigenvalue weighted by Crippen LogP contribution is -2.24. The first kappa shape index (κ1) is 20.0. The van der Waals surface area contributed by atoms with Crippen LogP contribution < -0.4 is 0 Å². The van der Waals surface area contributed by atoms with Gasteiger partial charge in [-0.2, -0.15) is 0 Å². The molecular formula is C18H18O9. The maximum absolute atomic E-state index is 12.3. The van der Waals surface area contributed by atoms with E-state index in [1.807, 2.05) is 0 Å². The van der Waals surface area contributed by atoms with E-state index in [1.165, 1.54) is 19.4 Å². The van der Waals surface area contributed by atoms with Crippen molar-refractivity contribution in [2.45, 2.75) is 12.3 Å². The normalized spacial score (nSPS) is 16.3. The smallest absolute Gasteiger partial charge is 0.339 e. The molecule has 0 radical (unpaired) electrons. The number of ether oxygens (including phenoxy) is 4. The molecule has 1 aromatic rings. The fraction of sp³-hybridized carbons (Fsp3) is 0.333. The van der Waals surface area contributed by atoms with Gasteiger partial charge in [0.2, 0.25) is 0 Å². The summed E-state index contributed by atoms with van der Waals surface area (Å²) in [7, 11) is 4.64. The summed E-state index contributed by atoms with van der Waals surface area (Å²) in [5, 5.41) is 0. The minimum atomic E-state index is -0.871. The van der Waals surface area contributed by atoms with Crippen molar-refractivity contribution in [3.8, 4) is 0 Å². The first-order chi connectivity index (χ1) is 12.9. The van der Waals surface area contributed by atoms with Crippen molar-refractivity contribution < 1.29 is 42.5 Å².